The van der Waals surface area contributed by atoms with Crippen molar-refractivity contribution in [2.45, 2.75) is 18.5 Å². The predicted octanol–water partition coefficient (Wildman–Crippen LogP) is 0.692. The van der Waals surface area contributed by atoms with Crippen molar-refractivity contribution in [3.8, 4) is 0 Å². The van der Waals surface area contributed by atoms with Gasteiger partial charge in [-0.15, -0.1) is 11.3 Å². The summed E-state index contributed by atoms with van der Waals surface area (Å²) >= 11 is 1.62. The molecule has 2 atom stereocenters. The highest BCUT2D eigenvalue weighted by Gasteiger charge is 2.14. The first-order valence-electron chi connectivity index (χ1n) is 4.49. The van der Waals surface area contributed by atoms with Gasteiger partial charge in [-0.25, -0.2) is 0 Å². The summed E-state index contributed by atoms with van der Waals surface area (Å²) in [5, 5.41) is 11.8. The van der Waals surface area contributed by atoms with Gasteiger partial charge in [-0.1, -0.05) is 6.07 Å². The third-order valence-electron chi connectivity index (χ3n) is 2.32. The molecule has 4 heteroatoms. The van der Waals surface area contributed by atoms with Crippen LogP contribution in [-0.4, -0.2) is 37.9 Å². The highest BCUT2D eigenvalue weighted by molar-refractivity contribution is 7.10. The van der Waals surface area contributed by atoms with Crippen LogP contribution in [0.5, 0.6) is 0 Å². The van der Waals surface area contributed by atoms with Crippen molar-refractivity contribution >= 4 is 19.2 Å². The first-order chi connectivity index (χ1) is 6.11. The molecule has 0 bridgehead atoms. The molecule has 0 fully saturated rings. The summed E-state index contributed by atoms with van der Waals surface area (Å²) in [6, 6.07) is 3.96. The lowest BCUT2D eigenvalue weighted by Gasteiger charge is -2.22. The second kappa shape index (κ2) is 4.79. The van der Waals surface area contributed by atoms with Crippen LogP contribution in [0, 0.1) is 0 Å². The lowest BCUT2D eigenvalue weighted by molar-refractivity contribution is 0.149. The van der Waals surface area contributed by atoms with Crippen molar-refractivity contribution in [1.82, 2.24) is 4.90 Å². The Balaban J connectivity index is 2.46. The van der Waals surface area contributed by atoms with Gasteiger partial charge in [0.1, 0.15) is 7.85 Å². The van der Waals surface area contributed by atoms with Gasteiger partial charge in [-0.3, -0.25) is 0 Å². The van der Waals surface area contributed by atoms with Gasteiger partial charge in [0.05, 0.1) is 6.10 Å². The molecule has 1 unspecified atom stereocenters. The van der Waals surface area contributed by atoms with E-state index in [2.05, 4.69) is 12.7 Å². The van der Waals surface area contributed by atoms with Crippen molar-refractivity contribution < 1.29 is 5.11 Å². The second-order valence-corrected chi connectivity index (χ2v) is 4.56. The van der Waals surface area contributed by atoms with E-state index in [0.29, 0.717) is 5.94 Å². The van der Waals surface area contributed by atoms with Crippen molar-refractivity contribution in [3.05, 3.63) is 22.4 Å². The Hall–Kier alpha value is -0.315. The molecular weight excluding hydrogens is 181 g/mol. The van der Waals surface area contributed by atoms with Gasteiger partial charge in [0.2, 0.25) is 0 Å². The van der Waals surface area contributed by atoms with Crippen LogP contribution in [0.3, 0.4) is 0 Å². The van der Waals surface area contributed by atoms with Crippen LogP contribution in [0.25, 0.3) is 0 Å². The van der Waals surface area contributed by atoms with Crippen molar-refractivity contribution in [1.29, 1.82) is 0 Å². The summed E-state index contributed by atoms with van der Waals surface area (Å²) in [5.41, 5.74) is 0. The lowest BCUT2D eigenvalue weighted by atomic mass is 9.89. The van der Waals surface area contributed by atoms with Gasteiger partial charge >= 0.3 is 0 Å². The Morgan fingerprint density at radius 1 is 1.62 bits per heavy atom. The number of nitrogens with zero attached hydrogens (tertiary/aromatic N) is 1. The Labute approximate surface area is 84.6 Å². The summed E-state index contributed by atoms with van der Waals surface area (Å²) < 4.78 is 0. The predicted molar refractivity (Wildman–Crippen MR) is 59.9 cm³/mol. The minimum Gasteiger partial charge on any atom is -0.388 e. The van der Waals surface area contributed by atoms with Gasteiger partial charge in [-0.05, 0) is 37.9 Å². The van der Waals surface area contributed by atoms with Gasteiger partial charge in [0.15, 0.2) is 0 Å². The van der Waals surface area contributed by atoms with Gasteiger partial charge in [0.25, 0.3) is 0 Å². The zero-order valence-electron chi connectivity index (χ0n) is 8.40. The molecule has 0 aliphatic heterocycles. The Bertz CT molecular complexity index is 238. The molecule has 0 saturated heterocycles. The van der Waals surface area contributed by atoms with Gasteiger partial charge in [0, 0.05) is 4.88 Å². The number of rotatable bonds is 4. The molecule has 0 radical (unpaired) electrons. The SMILES string of the molecule is BC(C[C@@H](O)c1cccs1)N(C)C. The molecule has 0 aliphatic rings. The third kappa shape index (κ3) is 3.14. The van der Waals surface area contributed by atoms with Crippen LogP contribution in [0.1, 0.15) is 17.4 Å². The molecule has 1 aromatic rings. The first kappa shape index (κ1) is 10.8. The van der Waals surface area contributed by atoms with Crippen LogP contribution in [0.15, 0.2) is 17.5 Å². The average Bonchev–Trinajstić information content (AvgIpc) is 2.55. The van der Waals surface area contributed by atoms with Crippen LogP contribution in [0.2, 0.25) is 0 Å². The minimum atomic E-state index is -0.308. The smallest absolute Gasteiger partial charge is 0.123 e. The summed E-state index contributed by atoms with van der Waals surface area (Å²) in [6.07, 6.45) is 0.491. The summed E-state index contributed by atoms with van der Waals surface area (Å²) in [7, 11) is 6.19. The number of aliphatic hydroxyl groups excluding tert-OH is 1. The first-order valence-corrected chi connectivity index (χ1v) is 5.37. The maximum absolute atomic E-state index is 9.81. The highest BCUT2D eigenvalue weighted by Crippen LogP contribution is 2.22. The molecule has 0 aliphatic carbocycles. The monoisotopic (exact) mass is 197 g/mol. The molecule has 1 rings (SSSR count). The van der Waals surface area contributed by atoms with Crippen LogP contribution in [-0.2, 0) is 0 Å². The summed E-state index contributed by atoms with van der Waals surface area (Å²) in [4.78, 5) is 3.19. The molecule has 0 spiro atoms. The van der Waals surface area contributed by atoms with Crippen molar-refractivity contribution in [2.24, 2.45) is 0 Å². The Morgan fingerprint density at radius 2 is 2.31 bits per heavy atom. The fourth-order valence-corrected chi connectivity index (χ4v) is 1.86. The molecular formula is C9H16BNOS. The maximum atomic E-state index is 9.81. The van der Waals surface area contributed by atoms with Crippen LogP contribution < -0.4 is 0 Å². The van der Waals surface area contributed by atoms with E-state index in [0.717, 1.165) is 11.3 Å². The van der Waals surface area contributed by atoms with E-state index in [1.165, 1.54) is 0 Å². The summed E-state index contributed by atoms with van der Waals surface area (Å²) in [5.74, 6) is 0.414. The summed E-state index contributed by atoms with van der Waals surface area (Å²) in [6.45, 7) is 0. The standard InChI is InChI=1S/C9H16BNOS/c1-11(2)9(10)6-7(12)8-4-3-5-13-8/h3-5,7,9,12H,6,10H2,1-2H3/t7-,9?/m1/s1. The fraction of sp³-hybridized carbons (Fsp3) is 0.556. The van der Waals surface area contributed by atoms with E-state index in [9.17, 15) is 5.11 Å². The molecule has 13 heavy (non-hydrogen) atoms. The zero-order valence-corrected chi connectivity index (χ0v) is 9.21. The van der Waals surface area contributed by atoms with E-state index >= 15 is 0 Å². The second-order valence-electron chi connectivity index (χ2n) is 3.58. The largest absolute Gasteiger partial charge is 0.388 e. The molecule has 72 valence electrons. The van der Waals surface area contributed by atoms with E-state index < -0.39 is 0 Å². The maximum Gasteiger partial charge on any atom is 0.123 e. The molecule has 0 saturated carbocycles. The highest BCUT2D eigenvalue weighted by atomic mass is 32.1. The molecule has 2 nitrogen and oxygen atoms in total. The van der Waals surface area contributed by atoms with Crippen molar-refractivity contribution in [2.75, 3.05) is 14.1 Å². The number of aliphatic hydroxyl groups is 1. The fourth-order valence-electron chi connectivity index (χ4n) is 1.13. The van der Waals surface area contributed by atoms with Crippen LogP contribution in [0.4, 0.5) is 0 Å². The van der Waals surface area contributed by atoms with Crippen LogP contribution >= 0.6 is 11.3 Å². The van der Waals surface area contributed by atoms with E-state index in [1.54, 1.807) is 11.3 Å². The zero-order chi connectivity index (χ0) is 9.84. The molecule has 1 aromatic heterocycles. The minimum absolute atomic E-state index is 0.308. The molecule has 0 aromatic carbocycles. The van der Waals surface area contributed by atoms with E-state index in [4.69, 9.17) is 0 Å². The third-order valence-corrected chi connectivity index (χ3v) is 3.29. The molecule has 1 heterocycles. The van der Waals surface area contributed by atoms with E-state index in [-0.39, 0.29) is 6.10 Å². The normalized spacial score (nSPS) is 16.0. The van der Waals surface area contributed by atoms with Gasteiger partial charge in [-0.2, -0.15) is 0 Å². The quantitative estimate of drug-likeness (QED) is 0.718. The average molecular weight is 197 g/mol. The van der Waals surface area contributed by atoms with E-state index in [1.807, 2.05) is 31.6 Å². The van der Waals surface area contributed by atoms with Gasteiger partial charge < -0.3 is 10.0 Å². The number of thiophene rings is 1. The molecule has 1 N–H and O–H groups in total. The topological polar surface area (TPSA) is 23.5 Å². The number of hydrogen-bond donors (Lipinski definition) is 1. The Kier molecular flexibility index (Phi) is 3.97. The molecule has 0 amide bonds. The number of hydrogen-bond acceptors (Lipinski definition) is 3. The lowest BCUT2D eigenvalue weighted by Crippen LogP contribution is -2.29. The van der Waals surface area contributed by atoms with Crippen molar-refractivity contribution in [3.63, 3.8) is 0 Å². The Morgan fingerprint density at radius 3 is 2.77 bits per heavy atom.